The van der Waals surface area contributed by atoms with Crippen molar-refractivity contribution in [2.75, 3.05) is 0 Å². The van der Waals surface area contributed by atoms with Crippen LogP contribution in [0.5, 0.6) is 0 Å². The van der Waals surface area contributed by atoms with Gasteiger partial charge in [0.15, 0.2) is 0 Å². The Morgan fingerprint density at radius 1 is 0.867 bits per heavy atom. The predicted octanol–water partition coefficient (Wildman–Crippen LogP) is 4.76. The molecule has 0 fully saturated rings. The SMILES string of the molecule is CC=CCCCCCCCC=CCC#N. The maximum Gasteiger partial charge on any atom is 0.0663 e. The summed E-state index contributed by atoms with van der Waals surface area (Å²) >= 11 is 0. The molecule has 0 spiro atoms. The second-order valence-electron chi connectivity index (χ2n) is 3.75. The molecule has 0 aromatic heterocycles. The molecule has 0 radical (unpaired) electrons. The highest BCUT2D eigenvalue weighted by atomic mass is 14.2. The first-order valence-electron chi connectivity index (χ1n) is 6.05. The van der Waals surface area contributed by atoms with Crippen molar-refractivity contribution in [2.24, 2.45) is 0 Å². The van der Waals surface area contributed by atoms with Gasteiger partial charge in [-0.1, -0.05) is 43.6 Å². The monoisotopic (exact) mass is 205 g/mol. The first-order chi connectivity index (χ1) is 7.41. The normalized spacial score (nSPS) is 11.2. The summed E-state index contributed by atoms with van der Waals surface area (Å²) in [6.07, 6.45) is 18.0. The quantitative estimate of drug-likeness (QED) is 0.393. The van der Waals surface area contributed by atoms with E-state index in [9.17, 15) is 0 Å². The van der Waals surface area contributed by atoms with E-state index in [4.69, 9.17) is 5.26 Å². The summed E-state index contributed by atoms with van der Waals surface area (Å²) in [6, 6.07) is 2.11. The summed E-state index contributed by atoms with van der Waals surface area (Å²) in [7, 11) is 0. The number of nitriles is 1. The molecule has 0 aromatic rings. The van der Waals surface area contributed by atoms with Gasteiger partial charge in [0, 0.05) is 0 Å². The zero-order valence-electron chi connectivity index (χ0n) is 9.91. The smallest absolute Gasteiger partial charge is 0.0663 e. The van der Waals surface area contributed by atoms with Gasteiger partial charge in [-0.05, 0) is 32.6 Å². The van der Waals surface area contributed by atoms with Crippen molar-refractivity contribution in [3.8, 4) is 6.07 Å². The van der Waals surface area contributed by atoms with Gasteiger partial charge in [0.05, 0.1) is 12.5 Å². The van der Waals surface area contributed by atoms with E-state index in [-0.39, 0.29) is 0 Å². The van der Waals surface area contributed by atoms with Gasteiger partial charge < -0.3 is 0 Å². The van der Waals surface area contributed by atoms with Gasteiger partial charge in [0.1, 0.15) is 0 Å². The zero-order chi connectivity index (χ0) is 11.2. The number of hydrogen-bond acceptors (Lipinski definition) is 1. The summed E-state index contributed by atoms with van der Waals surface area (Å²) in [6.45, 7) is 2.08. The van der Waals surface area contributed by atoms with Crippen LogP contribution in [0.1, 0.15) is 58.3 Å². The maximum absolute atomic E-state index is 8.30. The first kappa shape index (κ1) is 14.0. The number of hydrogen-bond donors (Lipinski definition) is 0. The Hall–Kier alpha value is -1.03. The van der Waals surface area contributed by atoms with Gasteiger partial charge >= 0.3 is 0 Å². The van der Waals surface area contributed by atoms with Crippen LogP contribution in [-0.2, 0) is 0 Å². The van der Waals surface area contributed by atoms with Crippen molar-refractivity contribution in [1.29, 1.82) is 5.26 Å². The van der Waals surface area contributed by atoms with Crippen LogP contribution < -0.4 is 0 Å². The van der Waals surface area contributed by atoms with E-state index in [1.165, 1.54) is 38.5 Å². The fourth-order valence-corrected chi connectivity index (χ4v) is 1.48. The standard InChI is InChI=1S/C14H23N/c1-2-3-4-5-6-7-8-9-10-11-12-13-14-15/h2-3,11-12H,4-10,13H2,1H3. The fraction of sp³-hybridized carbons (Fsp3) is 0.643. The maximum atomic E-state index is 8.30. The Kier molecular flexibility index (Phi) is 12.1. The number of nitrogens with zero attached hydrogens (tertiary/aromatic N) is 1. The van der Waals surface area contributed by atoms with Crippen molar-refractivity contribution in [2.45, 2.75) is 58.3 Å². The van der Waals surface area contributed by atoms with Gasteiger partial charge in [-0.15, -0.1) is 0 Å². The molecule has 0 saturated carbocycles. The molecule has 0 N–H and O–H groups in total. The Bertz CT molecular complexity index is 208. The predicted molar refractivity (Wildman–Crippen MR) is 66.5 cm³/mol. The molecular weight excluding hydrogens is 182 g/mol. The second kappa shape index (κ2) is 13.0. The minimum atomic E-state index is 0.559. The molecule has 0 aliphatic heterocycles. The van der Waals surface area contributed by atoms with Crippen LogP contribution in [-0.4, -0.2) is 0 Å². The van der Waals surface area contributed by atoms with E-state index in [1.54, 1.807) is 0 Å². The van der Waals surface area contributed by atoms with E-state index in [0.717, 1.165) is 6.42 Å². The average molecular weight is 205 g/mol. The Morgan fingerprint density at radius 2 is 1.47 bits per heavy atom. The third-order valence-corrected chi connectivity index (χ3v) is 2.35. The fourth-order valence-electron chi connectivity index (χ4n) is 1.48. The van der Waals surface area contributed by atoms with Crippen LogP contribution in [0.2, 0.25) is 0 Å². The summed E-state index contributed by atoms with van der Waals surface area (Å²) < 4.78 is 0. The lowest BCUT2D eigenvalue weighted by atomic mass is 10.1. The van der Waals surface area contributed by atoms with E-state index < -0.39 is 0 Å². The lowest BCUT2D eigenvalue weighted by Crippen LogP contribution is -1.78. The Balaban J connectivity index is 3.02. The third kappa shape index (κ3) is 13.0. The lowest BCUT2D eigenvalue weighted by Gasteiger charge is -1.97. The molecule has 15 heavy (non-hydrogen) atoms. The minimum absolute atomic E-state index is 0.559. The highest BCUT2D eigenvalue weighted by Gasteiger charge is 1.88. The van der Waals surface area contributed by atoms with Crippen LogP contribution in [0.3, 0.4) is 0 Å². The molecule has 0 rings (SSSR count). The zero-order valence-corrected chi connectivity index (χ0v) is 9.91. The van der Waals surface area contributed by atoms with Crippen LogP contribution >= 0.6 is 0 Å². The largest absolute Gasteiger partial charge is 0.198 e. The molecule has 0 aromatic carbocycles. The molecule has 1 heteroatoms. The van der Waals surface area contributed by atoms with E-state index >= 15 is 0 Å². The molecule has 0 bridgehead atoms. The van der Waals surface area contributed by atoms with Crippen LogP contribution in [0, 0.1) is 11.3 Å². The first-order valence-corrected chi connectivity index (χ1v) is 6.05. The molecule has 0 aliphatic carbocycles. The molecule has 1 nitrogen and oxygen atoms in total. The van der Waals surface area contributed by atoms with Gasteiger partial charge in [-0.25, -0.2) is 0 Å². The summed E-state index contributed by atoms with van der Waals surface area (Å²) in [5, 5.41) is 8.30. The van der Waals surface area contributed by atoms with Crippen molar-refractivity contribution >= 4 is 0 Å². The molecule has 84 valence electrons. The van der Waals surface area contributed by atoms with E-state index in [1.807, 2.05) is 6.08 Å². The van der Waals surface area contributed by atoms with Crippen LogP contribution in [0.25, 0.3) is 0 Å². The van der Waals surface area contributed by atoms with Crippen LogP contribution in [0.4, 0.5) is 0 Å². The van der Waals surface area contributed by atoms with Gasteiger partial charge in [0.25, 0.3) is 0 Å². The Labute approximate surface area is 94.5 Å². The van der Waals surface area contributed by atoms with Gasteiger partial charge in [-0.3, -0.25) is 0 Å². The Morgan fingerprint density at radius 3 is 2.07 bits per heavy atom. The lowest BCUT2D eigenvalue weighted by molar-refractivity contribution is 0.621. The highest BCUT2D eigenvalue weighted by molar-refractivity contribution is 4.90. The minimum Gasteiger partial charge on any atom is -0.198 e. The number of rotatable bonds is 9. The van der Waals surface area contributed by atoms with Crippen molar-refractivity contribution in [1.82, 2.24) is 0 Å². The highest BCUT2D eigenvalue weighted by Crippen LogP contribution is 2.07. The van der Waals surface area contributed by atoms with Gasteiger partial charge in [-0.2, -0.15) is 5.26 Å². The van der Waals surface area contributed by atoms with E-state index in [0.29, 0.717) is 6.42 Å². The third-order valence-electron chi connectivity index (χ3n) is 2.35. The summed E-state index contributed by atoms with van der Waals surface area (Å²) in [5.74, 6) is 0. The molecule has 0 heterocycles. The molecule has 0 amide bonds. The molecule has 0 atom stereocenters. The summed E-state index contributed by atoms with van der Waals surface area (Å²) in [5.41, 5.74) is 0. The second-order valence-corrected chi connectivity index (χ2v) is 3.75. The topological polar surface area (TPSA) is 23.8 Å². The number of allylic oxidation sites excluding steroid dienone is 4. The molecular formula is C14H23N. The van der Waals surface area contributed by atoms with Crippen molar-refractivity contribution < 1.29 is 0 Å². The average Bonchev–Trinajstić information content (AvgIpc) is 2.26. The molecule has 0 unspecified atom stereocenters. The van der Waals surface area contributed by atoms with Crippen molar-refractivity contribution in [3.05, 3.63) is 24.3 Å². The van der Waals surface area contributed by atoms with E-state index in [2.05, 4.69) is 31.2 Å². The molecule has 0 saturated heterocycles. The summed E-state index contributed by atoms with van der Waals surface area (Å²) in [4.78, 5) is 0. The van der Waals surface area contributed by atoms with Gasteiger partial charge in [0.2, 0.25) is 0 Å². The molecule has 0 aliphatic rings. The van der Waals surface area contributed by atoms with Crippen LogP contribution in [0.15, 0.2) is 24.3 Å². The number of unbranched alkanes of at least 4 members (excludes halogenated alkanes) is 6. The van der Waals surface area contributed by atoms with Crippen molar-refractivity contribution in [3.63, 3.8) is 0 Å².